The zero-order chi connectivity index (χ0) is 14.0. The monoisotopic (exact) mass is 302 g/mol. The van der Waals surface area contributed by atoms with E-state index in [1.807, 2.05) is 0 Å². The smallest absolute Gasteiger partial charge is 0.131 e. The Morgan fingerprint density at radius 3 is 2.37 bits per heavy atom. The zero-order valence-electron chi connectivity index (χ0n) is 9.96. The first-order valence-electron chi connectivity index (χ1n) is 5.45. The van der Waals surface area contributed by atoms with Crippen molar-refractivity contribution in [2.45, 2.75) is 5.38 Å². The Morgan fingerprint density at radius 1 is 1.05 bits per heavy atom. The second kappa shape index (κ2) is 5.76. The van der Waals surface area contributed by atoms with Crippen LogP contribution < -0.4 is 4.74 Å². The fraction of sp³-hybridized carbons (Fsp3) is 0.143. The van der Waals surface area contributed by atoms with Crippen LogP contribution in [0.1, 0.15) is 16.5 Å². The molecule has 0 aromatic heterocycles. The molecule has 2 rings (SSSR count). The van der Waals surface area contributed by atoms with Crippen molar-refractivity contribution in [3.05, 3.63) is 64.2 Å². The van der Waals surface area contributed by atoms with Gasteiger partial charge in [0.2, 0.25) is 0 Å². The van der Waals surface area contributed by atoms with Gasteiger partial charge in [-0.2, -0.15) is 0 Å². The molecule has 0 amide bonds. The van der Waals surface area contributed by atoms with Crippen LogP contribution in [0.3, 0.4) is 0 Å². The maximum atomic E-state index is 13.7. The van der Waals surface area contributed by atoms with Crippen LogP contribution in [0, 0.1) is 11.6 Å². The van der Waals surface area contributed by atoms with Crippen molar-refractivity contribution < 1.29 is 13.5 Å². The van der Waals surface area contributed by atoms with Crippen LogP contribution in [0.4, 0.5) is 8.78 Å². The summed E-state index contributed by atoms with van der Waals surface area (Å²) >= 11 is 12.1. The molecule has 5 heteroatoms. The topological polar surface area (TPSA) is 9.23 Å². The molecule has 100 valence electrons. The quantitative estimate of drug-likeness (QED) is 0.729. The average Bonchev–Trinajstić information content (AvgIpc) is 2.37. The summed E-state index contributed by atoms with van der Waals surface area (Å²) in [7, 11) is 1.47. The van der Waals surface area contributed by atoms with Crippen LogP contribution >= 0.6 is 23.2 Å². The van der Waals surface area contributed by atoms with E-state index in [4.69, 9.17) is 27.9 Å². The van der Waals surface area contributed by atoms with Crippen LogP contribution in [-0.4, -0.2) is 7.11 Å². The molecule has 0 spiro atoms. The van der Waals surface area contributed by atoms with Crippen molar-refractivity contribution in [2.75, 3.05) is 7.11 Å². The normalized spacial score (nSPS) is 12.3. The molecule has 0 heterocycles. The molecular formula is C14H10Cl2F2O. The molecule has 0 saturated heterocycles. The van der Waals surface area contributed by atoms with E-state index in [9.17, 15) is 8.78 Å². The Hall–Kier alpha value is -1.32. The highest BCUT2D eigenvalue weighted by Crippen LogP contribution is 2.37. The molecule has 0 aliphatic carbocycles. The highest BCUT2D eigenvalue weighted by atomic mass is 35.5. The number of rotatable bonds is 3. The van der Waals surface area contributed by atoms with Crippen LogP contribution in [0.5, 0.6) is 5.75 Å². The molecule has 0 bridgehead atoms. The van der Waals surface area contributed by atoms with Crippen molar-refractivity contribution in [3.63, 3.8) is 0 Å². The minimum Gasteiger partial charge on any atom is -0.496 e. The maximum Gasteiger partial charge on any atom is 0.131 e. The first-order chi connectivity index (χ1) is 9.02. The molecular weight excluding hydrogens is 293 g/mol. The number of ether oxygens (including phenoxy) is 1. The highest BCUT2D eigenvalue weighted by molar-refractivity contribution is 6.30. The summed E-state index contributed by atoms with van der Waals surface area (Å²) in [6.45, 7) is 0. The first-order valence-corrected chi connectivity index (χ1v) is 6.27. The molecule has 0 saturated carbocycles. The van der Waals surface area contributed by atoms with Gasteiger partial charge in [0.25, 0.3) is 0 Å². The average molecular weight is 303 g/mol. The van der Waals surface area contributed by atoms with Gasteiger partial charge in [-0.3, -0.25) is 0 Å². The Kier molecular flexibility index (Phi) is 4.27. The molecule has 1 unspecified atom stereocenters. The number of benzene rings is 2. The molecule has 0 aliphatic rings. The third-order valence-electron chi connectivity index (χ3n) is 2.70. The Bertz CT molecular complexity index is 602. The van der Waals surface area contributed by atoms with Gasteiger partial charge in [-0.25, -0.2) is 8.78 Å². The van der Waals surface area contributed by atoms with Crippen LogP contribution in [-0.2, 0) is 0 Å². The van der Waals surface area contributed by atoms with E-state index in [-0.39, 0.29) is 5.56 Å². The van der Waals surface area contributed by atoms with E-state index in [0.29, 0.717) is 16.3 Å². The largest absolute Gasteiger partial charge is 0.496 e. The standard InChI is InChI=1S/C14H10Cl2F2O/c1-19-13-6-8(15)2-4-11(13)14(16)10-5-3-9(17)7-12(10)18/h2-7,14H,1H3. The number of hydrogen-bond donors (Lipinski definition) is 0. The molecule has 2 aromatic rings. The minimum absolute atomic E-state index is 0.184. The van der Waals surface area contributed by atoms with Gasteiger partial charge in [-0.15, -0.1) is 11.6 Å². The summed E-state index contributed by atoms with van der Waals surface area (Å²) in [5.74, 6) is -0.888. The third-order valence-corrected chi connectivity index (χ3v) is 3.41. The lowest BCUT2D eigenvalue weighted by Gasteiger charge is -2.15. The highest BCUT2D eigenvalue weighted by Gasteiger charge is 2.19. The van der Waals surface area contributed by atoms with E-state index in [1.54, 1.807) is 18.2 Å². The molecule has 0 aliphatic heterocycles. The van der Waals surface area contributed by atoms with Gasteiger partial charge in [0.15, 0.2) is 0 Å². The van der Waals surface area contributed by atoms with Gasteiger partial charge in [0, 0.05) is 22.2 Å². The summed E-state index contributed by atoms with van der Waals surface area (Å²) in [6, 6.07) is 8.16. The lowest BCUT2D eigenvalue weighted by atomic mass is 10.0. The minimum atomic E-state index is -0.784. The lowest BCUT2D eigenvalue weighted by molar-refractivity contribution is 0.410. The van der Waals surface area contributed by atoms with E-state index in [1.165, 1.54) is 13.2 Å². The second-order valence-corrected chi connectivity index (χ2v) is 4.79. The van der Waals surface area contributed by atoms with E-state index in [0.717, 1.165) is 12.1 Å². The van der Waals surface area contributed by atoms with Crippen molar-refractivity contribution in [1.29, 1.82) is 0 Å². The SMILES string of the molecule is COc1cc(Cl)ccc1C(Cl)c1ccc(F)cc1F. The number of hydrogen-bond acceptors (Lipinski definition) is 1. The van der Waals surface area contributed by atoms with Gasteiger partial charge in [0.05, 0.1) is 12.5 Å². The van der Waals surface area contributed by atoms with Crippen molar-refractivity contribution in [2.24, 2.45) is 0 Å². The van der Waals surface area contributed by atoms with E-state index in [2.05, 4.69) is 0 Å². The Morgan fingerprint density at radius 2 is 1.74 bits per heavy atom. The Labute approximate surface area is 119 Å². The summed E-state index contributed by atoms with van der Waals surface area (Å²) in [4.78, 5) is 0. The zero-order valence-corrected chi connectivity index (χ0v) is 11.5. The summed E-state index contributed by atoms with van der Waals surface area (Å²) in [6.07, 6.45) is 0. The molecule has 19 heavy (non-hydrogen) atoms. The van der Waals surface area contributed by atoms with Crippen molar-refractivity contribution >= 4 is 23.2 Å². The maximum absolute atomic E-state index is 13.7. The Balaban J connectivity index is 2.46. The molecule has 0 radical (unpaired) electrons. The molecule has 0 N–H and O–H groups in total. The van der Waals surface area contributed by atoms with Crippen LogP contribution in [0.25, 0.3) is 0 Å². The number of halogens is 4. The fourth-order valence-corrected chi connectivity index (χ4v) is 2.29. The van der Waals surface area contributed by atoms with E-state index < -0.39 is 17.0 Å². The summed E-state index contributed by atoms with van der Waals surface area (Å²) in [5.41, 5.74) is 0.753. The fourth-order valence-electron chi connectivity index (χ4n) is 1.77. The van der Waals surface area contributed by atoms with Gasteiger partial charge >= 0.3 is 0 Å². The van der Waals surface area contributed by atoms with Crippen LogP contribution in [0.15, 0.2) is 36.4 Å². The van der Waals surface area contributed by atoms with Gasteiger partial charge in [-0.05, 0) is 18.2 Å². The number of alkyl halides is 1. The van der Waals surface area contributed by atoms with Crippen molar-refractivity contribution in [3.8, 4) is 5.75 Å². The van der Waals surface area contributed by atoms with Gasteiger partial charge in [0.1, 0.15) is 17.4 Å². The molecule has 1 nitrogen and oxygen atoms in total. The summed E-state index contributed by atoms with van der Waals surface area (Å²) < 4.78 is 31.8. The molecule has 0 fully saturated rings. The summed E-state index contributed by atoms with van der Waals surface area (Å²) in [5, 5.41) is -0.295. The predicted octanol–water partition coefficient (Wildman–Crippen LogP) is 4.96. The van der Waals surface area contributed by atoms with Crippen molar-refractivity contribution in [1.82, 2.24) is 0 Å². The second-order valence-electron chi connectivity index (χ2n) is 3.91. The van der Waals surface area contributed by atoms with E-state index >= 15 is 0 Å². The lowest BCUT2D eigenvalue weighted by Crippen LogP contribution is -2.00. The third kappa shape index (κ3) is 2.99. The van der Waals surface area contributed by atoms with Gasteiger partial charge < -0.3 is 4.74 Å². The molecule has 1 atom stereocenters. The van der Waals surface area contributed by atoms with Crippen LogP contribution in [0.2, 0.25) is 5.02 Å². The number of methoxy groups -OCH3 is 1. The molecule has 2 aromatic carbocycles. The predicted molar refractivity (Wildman–Crippen MR) is 72.1 cm³/mol. The first kappa shape index (κ1) is 14.1. The van der Waals surface area contributed by atoms with Gasteiger partial charge in [-0.1, -0.05) is 23.7 Å².